The lowest BCUT2D eigenvalue weighted by Crippen LogP contribution is -2.47. The van der Waals surface area contributed by atoms with Crippen molar-refractivity contribution in [2.24, 2.45) is 0 Å². The highest BCUT2D eigenvalue weighted by Crippen LogP contribution is 2.34. The minimum Gasteiger partial charge on any atom is -0.443 e. The van der Waals surface area contributed by atoms with E-state index < -0.39 is 23.4 Å². The Morgan fingerprint density at radius 3 is 2.54 bits per heavy atom. The molecule has 0 spiro atoms. The van der Waals surface area contributed by atoms with Crippen molar-refractivity contribution in [3.05, 3.63) is 35.5 Å². The number of ether oxygens (including phenoxy) is 1. The number of aromatic nitrogens is 2. The maximum absolute atomic E-state index is 13.7. The number of nitrogens with zero attached hydrogens (tertiary/aromatic N) is 5. The van der Waals surface area contributed by atoms with Crippen LogP contribution in [0.4, 0.5) is 41.1 Å². The molecule has 4 rings (SSSR count). The van der Waals surface area contributed by atoms with Gasteiger partial charge in [0.15, 0.2) is 0 Å². The Morgan fingerprint density at radius 2 is 1.87 bits per heavy atom. The zero-order valence-electron chi connectivity index (χ0n) is 23.1. The Balaban J connectivity index is 1.42. The molecule has 12 heteroatoms. The standard InChI is InChI=1S/C27H38F3N7O2/c1-5-19-17-20(36-15-13-35(4)14-16-36)7-8-22(19)33-24-32-18-21(27(28,29)30)23(34-24)31-10-6-11-37-12-9-26(2,3)39-25(37)38/h7-8,17-18H,5-6,9-16H2,1-4H3,(H2,31,32,33,34). The van der Waals surface area contributed by atoms with Gasteiger partial charge in [0.2, 0.25) is 5.95 Å². The lowest BCUT2D eigenvalue weighted by molar-refractivity contribution is -0.137. The Hall–Kier alpha value is -3.28. The van der Waals surface area contributed by atoms with Crippen molar-refractivity contribution in [1.29, 1.82) is 0 Å². The van der Waals surface area contributed by atoms with Crippen LogP contribution in [0.5, 0.6) is 0 Å². The van der Waals surface area contributed by atoms with Crippen LogP contribution in [0.3, 0.4) is 0 Å². The first-order chi connectivity index (χ1) is 18.4. The number of halogens is 3. The smallest absolute Gasteiger partial charge is 0.421 e. The quantitative estimate of drug-likeness (QED) is 0.424. The van der Waals surface area contributed by atoms with Gasteiger partial charge in [0.25, 0.3) is 0 Å². The minimum atomic E-state index is -4.61. The molecular weight excluding hydrogens is 511 g/mol. The number of likely N-dealkylation sites (N-methyl/N-ethyl adjacent to an activating group) is 1. The summed E-state index contributed by atoms with van der Waals surface area (Å²) in [4.78, 5) is 26.5. The number of carbonyl (C=O) groups excluding carboxylic acids is 1. The lowest BCUT2D eigenvalue weighted by Gasteiger charge is -2.36. The van der Waals surface area contributed by atoms with Gasteiger partial charge in [-0.2, -0.15) is 18.2 Å². The van der Waals surface area contributed by atoms with Crippen molar-refractivity contribution in [1.82, 2.24) is 19.8 Å². The van der Waals surface area contributed by atoms with Gasteiger partial charge in [-0.15, -0.1) is 0 Å². The van der Waals surface area contributed by atoms with Crippen LogP contribution >= 0.6 is 0 Å². The first-order valence-corrected chi connectivity index (χ1v) is 13.4. The van der Waals surface area contributed by atoms with E-state index in [4.69, 9.17) is 4.74 Å². The number of hydrogen-bond donors (Lipinski definition) is 2. The summed E-state index contributed by atoms with van der Waals surface area (Å²) in [6, 6.07) is 6.06. The molecule has 0 aliphatic carbocycles. The number of aryl methyl sites for hydroxylation is 1. The van der Waals surface area contributed by atoms with Gasteiger partial charge in [-0.3, -0.25) is 0 Å². The third-order valence-corrected chi connectivity index (χ3v) is 7.18. The van der Waals surface area contributed by atoms with Crippen LogP contribution in [-0.2, 0) is 17.3 Å². The molecule has 2 aliphatic rings. The number of nitrogens with one attached hydrogen (secondary N) is 2. The van der Waals surface area contributed by atoms with Crippen molar-refractivity contribution < 1.29 is 22.7 Å². The normalized spacial score (nSPS) is 18.2. The summed E-state index contributed by atoms with van der Waals surface area (Å²) in [5.74, 6) is -0.219. The SMILES string of the molecule is CCc1cc(N2CCN(C)CC2)ccc1Nc1ncc(C(F)(F)F)c(NCCCN2CCC(C)(C)OC2=O)n1. The van der Waals surface area contributed by atoms with E-state index in [1.54, 1.807) is 4.90 Å². The highest BCUT2D eigenvalue weighted by Gasteiger charge is 2.36. The van der Waals surface area contributed by atoms with E-state index in [1.807, 2.05) is 32.9 Å². The van der Waals surface area contributed by atoms with E-state index in [1.165, 1.54) is 0 Å². The number of carbonyl (C=O) groups is 1. The molecule has 1 amide bonds. The molecule has 0 saturated carbocycles. The second-order valence-corrected chi connectivity index (χ2v) is 10.7. The first kappa shape index (κ1) is 28.7. The highest BCUT2D eigenvalue weighted by atomic mass is 19.4. The fourth-order valence-electron chi connectivity index (χ4n) is 4.69. The third-order valence-electron chi connectivity index (χ3n) is 7.18. The molecule has 1 aromatic heterocycles. The molecule has 2 aliphatic heterocycles. The molecule has 2 fully saturated rings. The summed E-state index contributed by atoms with van der Waals surface area (Å²) in [7, 11) is 2.11. The summed E-state index contributed by atoms with van der Waals surface area (Å²) in [6.45, 7) is 10.8. The predicted molar refractivity (Wildman–Crippen MR) is 146 cm³/mol. The predicted octanol–water partition coefficient (Wildman–Crippen LogP) is 4.98. The molecule has 3 heterocycles. The van der Waals surface area contributed by atoms with Gasteiger partial charge in [0.05, 0.1) is 0 Å². The number of cyclic esters (lactones) is 1. The molecule has 2 aromatic rings. The van der Waals surface area contributed by atoms with Crippen LogP contribution in [0, 0.1) is 0 Å². The fraction of sp³-hybridized carbons (Fsp3) is 0.593. The monoisotopic (exact) mass is 549 g/mol. The van der Waals surface area contributed by atoms with Crippen LogP contribution in [0.15, 0.2) is 24.4 Å². The molecule has 0 atom stereocenters. The molecular formula is C27H38F3N7O2. The zero-order chi connectivity index (χ0) is 28.2. The molecule has 0 radical (unpaired) electrons. The van der Waals surface area contributed by atoms with Gasteiger partial charge in [0, 0.05) is 69.8 Å². The Kier molecular flexibility index (Phi) is 8.73. The summed E-state index contributed by atoms with van der Waals surface area (Å²) >= 11 is 0. The second-order valence-electron chi connectivity index (χ2n) is 10.7. The minimum absolute atomic E-state index is 0.0781. The van der Waals surface area contributed by atoms with Crippen molar-refractivity contribution >= 4 is 29.2 Å². The highest BCUT2D eigenvalue weighted by molar-refractivity contribution is 5.69. The number of anilines is 4. The number of hydrogen-bond acceptors (Lipinski definition) is 8. The fourth-order valence-corrected chi connectivity index (χ4v) is 4.69. The van der Waals surface area contributed by atoms with Crippen LogP contribution in [0.2, 0.25) is 0 Å². The molecule has 0 unspecified atom stereocenters. The number of piperazine rings is 1. The molecule has 9 nitrogen and oxygen atoms in total. The van der Waals surface area contributed by atoms with Gasteiger partial charge in [0.1, 0.15) is 17.0 Å². The summed E-state index contributed by atoms with van der Waals surface area (Å²) in [5.41, 5.74) is 1.48. The van der Waals surface area contributed by atoms with E-state index in [0.29, 0.717) is 25.9 Å². The van der Waals surface area contributed by atoms with Crippen molar-refractivity contribution in [3.8, 4) is 0 Å². The average Bonchev–Trinajstić information content (AvgIpc) is 2.87. The first-order valence-electron chi connectivity index (χ1n) is 13.4. The number of rotatable bonds is 9. The van der Waals surface area contributed by atoms with Gasteiger partial charge in [-0.05, 0) is 57.5 Å². The van der Waals surface area contributed by atoms with Crippen LogP contribution in [-0.4, -0.2) is 84.3 Å². The van der Waals surface area contributed by atoms with E-state index in [0.717, 1.165) is 55.7 Å². The van der Waals surface area contributed by atoms with Crippen LogP contribution in [0.25, 0.3) is 0 Å². The topological polar surface area (TPSA) is 85.9 Å². The van der Waals surface area contributed by atoms with Gasteiger partial charge < -0.3 is 30.1 Å². The van der Waals surface area contributed by atoms with Crippen molar-refractivity contribution in [2.45, 2.75) is 51.8 Å². The Bertz CT molecular complexity index is 1150. The Morgan fingerprint density at radius 1 is 1.13 bits per heavy atom. The van der Waals surface area contributed by atoms with E-state index in [-0.39, 0.29) is 18.3 Å². The molecule has 1 aromatic carbocycles. The zero-order valence-corrected chi connectivity index (χ0v) is 23.1. The van der Waals surface area contributed by atoms with Gasteiger partial charge >= 0.3 is 12.3 Å². The second kappa shape index (κ2) is 11.8. The average molecular weight is 550 g/mol. The lowest BCUT2D eigenvalue weighted by atomic mass is 10.0. The van der Waals surface area contributed by atoms with E-state index >= 15 is 0 Å². The summed E-state index contributed by atoms with van der Waals surface area (Å²) < 4.78 is 46.4. The van der Waals surface area contributed by atoms with E-state index in [9.17, 15) is 18.0 Å². The number of benzene rings is 1. The molecule has 39 heavy (non-hydrogen) atoms. The maximum atomic E-state index is 13.7. The van der Waals surface area contributed by atoms with Crippen molar-refractivity contribution in [2.75, 3.05) is 68.4 Å². The van der Waals surface area contributed by atoms with Gasteiger partial charge in [-0.1, -0.05) is 6.92 Å². The molecule has 0 bridgehead atoms. The Labute approximate surface area is 227 Å². The number of alkyl halides is 3. The van der Waals surface area contributed by atoms with Gasteiger partial charge in [-0.25, -0.2) is 9.78 Å². The number of amides is 1. The maximum Gasteiger partial charge on any atom is 0.421 e. The largest absolute Gasteiger partial charge is 0.443 e. The molecule has 2 N–H and O–H groups in total. The summed E-state index contributed by atoms with van der Waals surface area (Å²) in [6.07, 6.45) is -2.34. The van der Waals surface area contributed by atoms with Crippen LogP contribution in [0.1, 0.15) is 44.7 Å². The molecule has 214 valence electrons. The van der Waals surface area contributed by atoms with Crippen molar-refractivity contribution in [3.63, 3.8) is 0 Å². The van der Waals surface area contributed by atoms with Crippen LogP contribution < -0.4 is 15.5 Å². The summed E-state index contributed by atoms with van der Waals surface area (Å²) in [5, 5.41) is 5.91. The molecule has 2 saturated heterocycles. The third kappa shape index (κ3) is 7.43. The van der Waals surface area contributed by atoms with E-state index in [2.05, 4.69) is 43.5 Å².